The van der Waals surface area contributed by atoms with E-state index in [9.17, 15) is 9.59 Å². The molecule has 0 fully saturated rings. The minimum Gasteiger partial charge on any atom is -0.354 e. The maximum Gasteiger partial charge on any atom is 0.262 e. The SMILES string of the molecule is CCCNC(=O)[C@H](C)NC(=O)c1cc2c(s1)CCCCC2. The minimum absolute atomic E-state index is 0.122. The van der Waals surface area contributed by atoms with Crippen LogP contribution in [0.3, 0.4) is 0 Å². The molecular weight excluding hydrogens is 284 g/mol. The molecule has 1 aliphatic carbocycles. The number of hydrogen-bond acceptors (Lipinski definition) is 3. The molecule has 1 aromatic heterocycles. The number of carbonyl (C=O) groups is 2. The summed E-state index contributed by atoms with van der Waals surface area (Å²) in [5, 5.41) is 5.58. The Hall–Kier alpha value is -1.36. The van der Waals surface area contributed by atoms with Crippen molar-refractivity contribution < 1.29 is 9.59 Å². The van der Waals surface area contributed by atoms with Gasteiger partial charge in [-0.15, -0.1) is 11.3 Å². The predicted molar refractivity (Wildman–Crippen MR) is 85.8 cm³/mol. The van der Waals surface area contributed by atoms with Crippen molar-refractivity contribution >= 4 is 23.2 Å². The minimum atomic E-state index is -0.494. The predicted octanol–water partition coefficient (Wildman–Crippen LogP) is 2.66. The Balaban J connectivity index is 1.95. The molecule has 1 heterocycles. The maximum atomic E-state index is 12.3. The van der Waals surface area contributed by atoms with Crippen molar-refractivity contribution in [1.29, 1.82) is 0 Å². The molecule has 0 radical (unpaired) electrons. The summed E-state index contributed by atoms with van der Waals surface area (Å²) in [6.07, 6.45) is 6.75. The summed E-state index contributed by atoms with van der Waals surface area (Å²) in [4.78, 5) is 26.1. The third-order valence-corrected chi connectivity index (χ3v) is 5.00. The molecule has 4 nitrogen and oxygen atoms in total. The quantitative estimate of drug-likeness (QED) is 0.822. The molecule has 0 spiro atoms. The Kier molecular flexibility index (Phi) is 5.79. The van der Waals surface area contributed by atoms with Crippen LogP contribution >= 0.6 is 11.3 Å². The van der Waals surface area contributed by atoms with E-state index in [-0.39, 0.29) is 11.8 Å². The third kappa shape index (κ3) is 4.30. The average Bonchev–Trinajstić information content (AvgIpc) is 2.76. The van der Waals surface area contributed by atoms with Crippen molar-refractivity contribution in [3.05, 3.63) is 21.4 Å². The maximum absolute atomic E-state index is 12.3. The third-order valence-electron chi connectivity index (χ3n) is 3.76. The van der Waals surface area contributed by atoms with Gasteiger partial charge in [0.1, 0.15) is 6.04 Å². The van der Waals surface area contributed by atoms with Gasteiger partial charge in [-0.05, 0) is 50.7 Å². The van der Waals surface area contributed by atoms with Gasteiger partial charge in [0.2, 0.25) is 5.91 Å². The monoisotopic (exact) mass is 308 g/mol. The van der Waals surface area contributed by atoms with Crippen molar-refractivity contribution in [3.63, 3.8) is 0 Å². The fourth-order valence-corrected chi connectivity index (χ4v) is 3.67. The van der Waals surface area contributed by atoms with E-state index in [0.717, 1.165) is 24.1 Å². The van der Waals surface area contributed by atoms with Crippen molar-refractivity contribution in [2.45, 2.75) is 58.4 Å². The standard InChI is InChI=1S/C16H24N2O2S/c1-3-9-17-15(19)11(2)18-16(20)14-10-12-7-5-4-6-8-13(12)21-14/h10-11H,3-9H2,1-2H3,(H,17,19)(H,18,20)/t11-/m0/s1. The van der Waals surface area contributed by atoms with Crippen LogP contribution in [0.5, 0.6) is 0 Å². The zero-order chi connectivity index (χ0) is 15.2. The number of amides is 2. The molecule has 0 saturated carbocycles. The summed E-state index contributed by atoms with van der Waals surface area (Å²) in [6.45, 7) is 4.37. The van der Waals surface area contributed by atoms with Gasteiger partial charge >= 0.3 is 0 Å². The van der Waals surface area contributed by atoms with Crippen LogP contribution in [-0.4, -0.2) is 24.4 Å². The number of hydrogen-bond donors (Lipinski definition) is 2. The molecule has 1 aromatic rings. The molecule has 21 heavy (non-hydrogen) atoms. The molecule has 5 heteroatoms. The first kappa shape index (κ1) is 16.0. The smallest absolute Gasteiger partial charge is 0.262 e. The van der Waals surface area contributed by atoms with Crippen LogP contribution < -0.4 is 10.6 Å². The number of carbonyl (C=O) groups excluding carboxylic acids is 2. The molecule has 0 aromatic carbocycles. The largest absolute Gasteiger partial charge is 0.354 e. The molecule has 1 aliphatic rings. The van der Waals surface area contributed by atoms with Gasteiger partial charge in [-0.25, -0.2) is 0 Å². The van der Waals surface area contributed by atoms with E-state index < -0.39 is 6.04 Å². The van der Waals surface area contributed by atoms with Gasteiger partial charge in [-0.2, -0.15) is 0 Å². The van der Waals surface area contributed by atoms with E-state index in [4.69, 9.17) is 0 Å². The molecule has 0 saturated heterocycles. The van der Waals surface area contributed by atoms with Crippen LogP contribution in [0.25, 0.3) is 0 Å². The highest BCUT2D eigenvalue weighted by molar-refractivity contribution is 7.14. The normalized spacial score (nSPS) is 15.7. The summed E-state index contributed by atoms with van der Waals surface area (Å²) >= 11 is 1.58. The van der Waals surface area contributed by atoms with Crippen molar-refractivity contribution in [1.82, 2.24) is 10.6 Å². The summed E-state index contributed by atoms with van der Waals surface area (Å²) < 4.78 is 0. The highest BCUT2D eigenvalue weighted by Gasteiger charge is 2.20. The highest BCUT2D eigenvalue weighted by Crippen LogP contribution is 2.28. The first-order valence-electron chi connectivity index (χ1n) is 7.82. The van der Waals surface area contributed by atoms with E-state index >= 15 is 0 Å². The van der Waals surface area contributed by atoms with E-state index in [1.54, 1.807) is 18.3 Å². The van der Waals surface area contributed by atoms with E-state index in [1.165, 1.54) is 29.7 Å². The Bertz CT molecular complexity index is 487. The number of thiophene rings is 1. The Morgan fingerprint density at radius 1 is 1.29 bits per heavy atom. The van der Waals surface area contributed by atoms with Crippen LogP contribution in [0.1, 0.15) is 59.6 Å². The molecular formula is C16H24N2O2S. The van der Waals surface area contributed by atoms with Gasteiger partial charge in [0.25, 0.3) is 5.91 Å². The van der Waals surface area contributed by atoms with Gasteiger partial charge < -0.3 is 10.6 Å². The second kappa shape index (κ2) is 7.59. The summed E-state index contributed by atoms with van der Waals surface area (Å²) in [5.74, 6) is -0.254. The number of rotatable bonds is 5. The lowest BCUT2D eigenvalue weighted by Gasteiger charge is -2.13. The van der Waals surface area contributed by atoms with E-state index in [0.29, 0.717) is 6.54 Å². The first-order valence-corrected chi connectivity index (χ1v) is 8.63. The van der Waals surface area contributed by atoms with Crippen LogP contribution in [0, 0.1) is 0 Å². The molecule has 2 amide bonds. The van der Waals surface area contributed by atoms with Crippen molar-refractivity contribution in [3.8, 4) is 0 Å². The summed E-state index contributed by atoms with van der Waals surface area (Å²) in [7, 11) is 0. The van der Waals surface area contributed by atoms with Crippen LogP contribution in [-0.2, 0) is 17.6 Å². The fraction of sp³-hybridized carbons (Fsp3) is 0.625. The van der Waals surface area contributed by atoms with Crippen LogP contribution in [0.4, 0.5) is 0 Å². The highest BCUT2D eigenvalue weighted by atomic mass is 32.1. The van der Waals surface area contributed by atoms with Gasteiger partial charge in [-0.1, -0.05) is 13.3 Å². The lowest BCUT2D eigenvalue weighted by atomic mass is 10.1. The number of fused-ring (bicyclic) bond motifs is 1. The molecule has 2 N–H and O–H groups in total. The van der Waals surface area contributed by atoms with Gasteiger partial charge in [0, 0.05) is 11.4 Å². The van der Waals surface area contributed by atoms with E-state index in [1.807, 2.05) is 13.0 Å². The fourth-order valence-electron chi connectivity index (χ4n) is 2.51. The zero-order valence-corrected chi connectivity index (χ0v) is 13.6. The van der Waals surface area contributed by atoms with Crippen molar-refractivity contribution in [2.24, 2.45) is 0 Å². The molecule has 0 bridgehead atoms. The van der Waals surface area contributed by atoms with E-state index in [2.05, 4.69) is 10.6 Å². The van der Waals surface area contributed by atoms with Gasteiger partial charge in [0.15, 0.2) is 0 Å². The lowest BCUT2D eigenvalue weighted by Crippen LogP contribution is -2.44. The zero-order valence-electron chi connectivity index (χ0n) is 12.8. The molecule has 116 valence electrons. The number of nitrogens with one attached hydrogen (secondary N) is 2. The first-order chi connectivity index (χ1) is 10.1. The van der Waals surface area contributed by atoms with Crippen LogP contribution in [0.15, 0.2) is 6.07 Å². The van der Waals surface area contributed by atoms with Crippen molar-refractivity contribution in [2.75, 3.05) is 6.54 Å². The Morgan fingerprint density at radius 3 is 2.81 bits per heavy atom. The second-order valence-electron chi connectivity index (χ2n) is 5.61. The molecule has 0 aliphatic heterocycles. The van der Waals surface area contributed by atoms with Gasteiger partial charge in [-0.3, -0.25) is 9.59 Å². The molecule has 0 unspecified atom stereocenters. The second-order valence-corrected chi connectivity index (χ2v) is 6.74. The van der Waals surface area contributed by atoms with Gasteiger partial charge in [0.05, 0.1) is 4.88 Å². The molecule has 1 atom stereocenters. The summed E-state index contributed by atoms with van der Waals surface area (Å²) in [5.41, 5.74) is 1.32. The topological polar surface area (TPSA) is 58.2 Å². The molecule has 2 rings (SSSR count). The Labute approximate surface area is 130 Å². The summed E-state index contributed by atoms with van der Waals surface area (Å²) in [6, 6.07) is 1.52. The Morgan fingerprint density at radius 2 is 2.05 bits per heavy atom. The van der Waals surface area contributed by atoms with Crippen LogP contribution in [0.2, 0.25) is 0 Å². The number of aryl methyl sites for hydroxylation is 2. The lowest BCUT2D eigenvalue weighted by molar-refractivity contribution is -0.122. The average molecular weight is 308 g/mol.